The third-order valence-electron chi connectivity index (χ3n) is 2.75. The van der Waals surface area contributed by atoms with Crippen molar-refractivity contribution in [1.29, 1.82) is 0 Å². The average molecular weight is 243 g/mol. The molecule has 0 saturated heterocycles. The Morgan fingerprint density at radius 2 is 1.83 bits per heavy atom. The van der Waals surface area contributed by atoms with Gasteiger partial charge in [-0.15, -0.1) is 0 Å². The first-order valence-corrected chi connectivity index (χ1v) is 5.94. The van der Waals surface area contributed by atoms with Crippen molar-refractivity contribution in [3.63, 3.8) is 0 Å². The average Bonchev–Trinajstić information content (AvgIpc) is 2.42. The van der Waals surface area contributed by atoms with E-state index in [4.69, 9.17) is 4.74 Å². The van der Waals surface area contributed by atoms with E-state index >= 15 is 0 Å². The van der Waals surface area contributed by atoms with Gasteiger partial charge in [0, 0.05) is 18.9 Å². The fourth-order valence-corrected chi connectivity index (χ4v) is 1.70. The number of hydrogen-bond donors (Lipinski definition) is 1. The molecule has 0 amide bonds. The smallest absolute Gasteiger partial charge is 0.147 e. The van der Waals surface area contributed by atoms with Crippen molar-refractivity contribution in [2.24, 2.45) is 0 Å². The topological polar surface area (TPSA) is 47.0 Å². The molecule has 0 aliphatic rings. The van der Waals surface area contributed by atoms with E-state index in [0.29, 0.717) is 0 Å². The van der Waals surface area contributed by atoms with Crippen LogP contribution in [0.2, 0.25) is 0 Å². The number of ether oxygens (including phenoxy) is 1. The summed E-state index contributed by atoms with van der Waals surface area (Å²) in [7, 11) is 1.67. The van der Waals surface area contributed by atoms with Gasteiger partial charge in [-0.05, 0) is 31.0 Å². The van der Waals surface area contributed by atoms with E-state index in [-0.39, 0.29) is 0 Å². The number of nitrogens with one attached hydrogen (secondary N) is 1. The van der Waals surface area contributed by atoms with Crippen LogP contribution in [0.3, 0.4) is 0 Å². The molecule has 1 heterocycles. The highest BCUT2D eigenvalue weighted by Gasteiger charge is 1.99. The summed E-state index contributed by atoms with van der Waals surface area (Å²) in [5, 5.41) is 3.29. The first-order chi connectivity index (χ1) is 8.79. The van der Waals surface area contributed by atoms with E-state index in [9.17, 15) is 0 Å². The van der Waals surface area contributed by atoms with Gasteiger partial charge >= 0.3 is 0 Å². The van der Waals surface area contributed by atoms with Crippen LogP contribution in [0.25, 0.3) is 0 Å². The number of benzene rings is 1. The molecule has 0 fully saturated rings. The molecule has 1 N–H and O–H groups in total. The van der Waals surface area contributed by atoms with Crippen molar-refractivity contribution in [1.82, 2.24) is 9.97 Å². The second-order valence-corrected chi connectivity index (χ2v) is 4.02. The van der Waals surface area contributed by atoms with Crippen LogP contribution in [-0.4, -0.2) is 23.6 Å². The summed E-state index contributed by atoms with van der Waals surface area (Å²) in [4.78, 5) is 8.43. The number of hydrogen-bond acceptors (Lipinski definition) is 4. The molecule has 0 atom stereocenters. The van der Waals surface area contributed by atoms with Crippen molar-refractivity contribution in [3.8, 4) is 5.75 Å². The molecule has 0 saturated carbocycles. The van der Waals surface area contributed by atoms with E-state index in [1.54, 1.807) is 19.5 Å². The molecule has 4 heteroatoms. The van der Waals surface area contributed by atoms with Crippen LogP contribution in [0.15, 0.2) is 36.7 Å². The van der Waals surface area contributed by atoms with Crippen LogP contribution in [-0.2, 0) is 6.42 Å². The van der Waals surface area contributed by atoms with Gasteiger partial charge in [0.15, 0.2) is 0 Å². The van der Waals surface area contributed by atoms with E-state index in [1.807, 2.05) is 19.1 Å². The zero-order valence-corrected chi connectivity index (χ0v) is 10.7. The minimum absolute atomic E-state index is 0.839. The molecule has 0 aliphatic heterocycles. The van der Waals surface area contributed by atoms with Gasteiger partial charge in [-0.25, -0.2) is 4.98 Å². The number of aryl methyl sites for hydroxylation is 1. The minimum Gasteiger partial charge on any atom is -0.497 e. The molecule has 0 spiro atoms. The monoisotopic (exact) mass is 243 g/mol. The number of methoxy groups -OCH3 is 1. The second-order valence-electron chi connectivity index (χ2n) is 4.02. The molecule has 2 rings (SSSR count). The van der Waals surface area contributed by atoms with E-state index in [0.717, 1.165) is 30.2 Å². The predicted octanol–water partition coefficient (Wildman–Crippen LogP) is 2.45. The maximum Gasteiger partial charge on any atom is 0.147 e. The highest BCUT2D eigenvalue weighted by molar-refractivity contribution is 5.38. The van der Waals surface area contributed by atoms with Crippen molar-refractivity contribution in [3.05, 3.63) is 47.9 Å². The Morgan fingerprint density at radius 1 is 1.11 bits per heavy atom. The summed E-state index contributed by atoms with van der Waals surface area (Å²) in [5.41, 5.74) is 2.19. The maximum absolute atomic E-state index is 5.12. The van der Waals surface area contributed by atoms with Crippen molar-refractivity contribution in [2.75, 3.05) is 19.0 Å². The number of aromatic nitrogens is 2. The Morgan fingerprint density at radius 3 is 2.50 bits per heavy atom. The molecule has 1 aromatic carbocycles. The molecule has 0 radical (unpaired) electrons. The Bertz CT molecular complexity index is 497. The van der Waals surface area contributed by atoms with Crippen molar-refractivity contribution < 1.29 is 4.74 Å². The molecular formula is C14H17N3O. The van der Waals surface area contributed by atoms with Gasteiger partial charge in [0.2, 0.25) is 0 Å². The Labute approximate surface area is 107 Å². The lowest BCUT2D eigenvalue weighted by molar-refractivity contribution is 0.414. The summed E-state index contributed by atoms with van der Waals surface area (Å²) in [6, 6.07) is 8.10. The lowest BCUT2D eigenvalue weighted by atomic mass is 10.1. The third kappa shape index (κ3) is 3.20. The summed E-state index contributed by atoms with van der Waals surface area (Å²) in [6.07, 6.45) is 4.34. The predicted molar refractivity (Wildman–Crippen MR) is 72.0 cm³/mol. The van der Waals surface area contributed by atoms with Crippen LogP contribution >= 0.6 is 0 Å². The first-order valence-electron chi connectivity index (χ1n) is 5.94. The lowest BCUT2D eigenvalue weighted by Gasteiger charge is -2.07. The van der Waals surface area contributed by atoms with Crippen LogP contribution in [0, 0.1) is 6.92 Å². The van der Waals surface area contributed by atoms with Gasteiger partial charge in [-0.2, -0.15) is 0 Å². The van der Waals surface area contributed by atoms with Gasteiger partial charge in [-0.3, -0.25) is 4.98 Å². The van der Waals surface area contributed by atoms with Gasteiger partial charge < -0.3 is 10.1 Å². The van der Waals surface area contributed by atoms with Crippen LogP contribution in [0.1, 0.15) is 11.3 Å². The minimum atomic E-state index is 0.839. The van der Waals surface area contributed by atoms with Gasteiger partial charge in [0.1, 0.15) is 11.6 Å². The summed E-state index contributed by atoms with van der Waals surface area (Å²) < 4.78 is 5.12. The third-order valence-corrected chi connectivity index (χ3v) is 2.75. The van der Waals surface area contributed by atoms with E-state index in [1.165, 1.54) is 5.56 Å². The SMILES string of the molecule is COc1ccc(CCNc2nccnc2C)cc1. The Kier molecular flexibility index (Phi) is 4.12. The fraction of sp³-hybridized carbons (Fsp3) is 0.286. The summed E-state index contributed by atoms with van der Waals surface area (Å²) >= 11 is 0. The number of nitrogens with zero attached hydrogens (tertiary/aromatic N) is 2. The number of rotatable bonds is 5. The molecule has 2 aromatic rings. The van der Waals surface area contributed by atoms with Crippen LogP contribution in [0.4, 0.5) is 5.82 Å². The zero-order chi connectivity index (χ0) is 12.8. The maximum atomic E-state index is 5.12. The second kappa shape index (κ2) is 6.00. The van der Waals surface area contributed by atoms with Gasteiger partial charge in [0.05, 0.1) is 12.8 Å². The molecule has 0 unspecified atom stereocenters. The van der Waals surface area contributed by atoms with E-state index < -0.39 is 0 Å². The standard InChI is InChI=1S/C14H17N3O/c1-11-14(17-10-9-15-11)16-8-7-12-3-5-13(18-2)6-4-12/h3-6,9-10H,7-8H2,1-2H3,(H,16,17). The molecule has 0 bridgehead atoms. The molecule has 4 nitrogen and oxygen atoms in total. The molecule has 18 heavy (non-hydrogen) atoms. The van der Waals surface area contributed by atoms with Gasteiger partial charge in [0.25, 0.3) is 0 Å². The highest BCUT2D eigenvalue weighted by Crippen LogP contribution is 2.12. The van der Waals surface area contributed by atoms with Crippen LogP contribution in [0.5, 0.6) is 5.75 Å². The normalized spacial score (nSPS) is 10.1. The Hall–Kier alpha value is -2.10. The first kappa shape index (κ1) is 12.4. The quantitative estimate of drug-likeness (QED) is 0.876. The molecular weight excluding hydrogens is 226 g/mol. The lowest BCUT2D eigenvalue weighted by Crippen LogP contribution is -2.08. The zero-order valence-electron chi connectivity index (χ0n) is 10.7. The van der Waals surface area contributed by atoms with Gasteiger partial charge in [-0.1, -0.05) is 12.1 Å². The highest BCUT2D eigenvalue weighted by atomic mass is 16.5. The number of anilines is 1. The molecule has 1 aromatic heterocycles. The fourth-order valence-electron chi connectivity index (χ4n) is 1.70. The largest absolute Gasteiger partial charge is 0.497 e. The van der Waals surface area contributed by atoms with Crippen molar-refractivity contribution >= 4 is 5.82 Å². The summed E-state index contributed by atoms with van der Waals surface area (Å²) in [6.45, 7) is 2.79. The van der Waals surface area contributed by atoms with E-state index in [2.05, 4.69) is 27.4 Å². The summed E-state index contributed by atoms with van der Waals surface area (Å²) in [5.74, 6) is 1.74. The molecule has 0 aliphatic carbocycles. The van der Waals surface area contributed by atoms with Crippen molar-refractivity contribution in [2.45, 2.75) is 13.3 Å². The van der Waals surface area contributed by atoms with Crippen LogP contribution < -0.4 is 10.1 Å². The Balaban J connectivity index is 1.86. The molecule has 94 valence electrons.